The van der Waals surface area contributed by atoms with Gasteiger partial charge in [-0.1, -0.05) is 13.8 Å². The van der Waals surface area contributed by atoms with Gasteiger partial charge in [-0.25, -0.2) is 8.42 Å². The van der Waals surface area contributed by atoms with Gasteiger partial charge in [0.25, 0.3) is 6.01 Å². The minimum Gasteiger partial charge on any atom is -0.432 e. The van der Waals surface area contributed by atoms with Crippen LogP contribution in [-0.4, -0.2) is 43.5 Å². The maximum Gasteiger partial charge on any atom is 0.297 e. The van der Waals surface area contributed by atoms with Crippen molar-refractivity contribution in [1.29, 1.82) is 0 Å². The van der Waals surface area contributed by atoms with Crippen LogP contribution in [0.5, 0.6) is 0 Å². The second-order valence-corrected chi connectivity index (χ2v) is 7.54. The fourth-order valence-electron chi connectivity index (χ4n) is 2.10. The van der Waals surface area contributed by atoms with Crippen LogP contribution in [0.4, 0.5) is 6.01 Å². The first kappa shape index (κ1) is 14.3. The first-order valence-electron chi connectivity index (χ1n) is 6.52. The van der Waals surface area contributed by atoms with Gasteiger partial charge in [0, 0.05) is 25.2 Å². The number of nitrogens with zero attached hydrogens (tertiary/aromatic N) is 2. The van der Waals surface area contributed by atoms with Crippen LogP contribution in [0.3, 0.4) is 0 Å². The van der Waals surface area contributed by atoms with E-state index in [1.807, 2.05) is 11.8 Å². The van der Waals surface area contributed by atoms with Crippen molar-refractivity contribution in [3.63, 3.8) is 0 Å². The van der Waals surface area contributed by atoms with Crippen molar-refractivity contribution in [2.75, 3.05) is 23.0 Å². The molecule has 0 amide bonds. The normalized spacial score (nSPS) is 22.9. The van der Waals surface area contributed by atoms with E-state index < -0.39 is 9.84 Å². The molecule has 19 heavy (non-hydrogen) atoms. The van der Waals surface area contributed by atoms with Gasteiger partial charge in [-0.3, -0.25) is 0 Å². The Morgan fingerprint density at radius 2 is 2.32 bits per heavy atom. The average Bonchev–Trinajstić information content (AvgIpc) is 2.73. The highest BCUT2D eigenvalue weighted by Gasteiger charge is 2.30. The molecule has 0 saturated carbocycles. The number of rotatable bonds is 4. The Kier molecular flexibility index (Phi) is 4.15. The molecule has 1 unspecified atom stereocenters. The third-order valence-electron chi connectivity index (χ3n) is 3.15. The van der Waals surface area contributed by atoms with Gasteiger partial charge < -0.3 is 14.6 Å². The number of nitrogens with one attached hydrogen (secondary N) is 1. The SMILES string of the molecule is CC(C)NCc1coc(N2CCS(=O)(=O)CC2C)n1. The molecule has 1 aromatic heterocycles. The third-order valence-corrected chi connectivity index (χ3v) is 4.94. The molecule has 1 fully saturated rings. The van der Waals surface area contributed by atoms with Gasteiger partial charge in [-0.15, -0.1) is 0 Å². The minimum absolute atomic E-state index is 0.0942. The molecule has 1 aliphatic rings. The molecule has 2 rings (SSSR count). The summed E-state index contributed by atoms with van der Waals surface area (Å²) in [6, 6.07) is 0.811. The van der Waals surface area contributed by atoms with Crippen molar-refractivity contribution >= 4 is 15.9 Å². The molecule has 0 bridgehead atoms. The number of aromatic nitrogens is 1. The van der Waals surface area contributed by atoms with Gasteiger partial charge in [0.1, 0.15) is 6.26 Å². The molecule has 0 radical (unpaired) electrons. The second kappa shape index (κ2) is 5.50. The Labute approximate surface area is 114 Å². The predicted molar refractivity (Wildman–Crippen MR) is 73.9 cm³/mol. The van der Waals surface area contributed by atoms with Crippen molar-refractivity contribution in [1.82, 2.24) is 10.3 Å². The van der Waals surface area contributed by atoms with E-state index in [1.165, 1.54) is 0 Å². The van der Waals surface area contributed by atoms with Crippen LogP contribution in [0.2, 0.25) is 0 Å². The Morgan fingerprint density at radius 1 is 1.58 bits per heavy atom. The largest absolute Gasteiger partial charge is 0.432 e. The average molecular weight is 287 g/mol. The summed E-state index contributed by atoms with van der Waals surface area (Å²) in [6.07, 6.45) is 1.63. The van der Waals surface area contributed by atoms with Gasteiger partial charge in [0.2, 0.25) is 0 Å². The van der Waals surface area contributed by atoms with E-state index in [1.54, 1.807) is 6.26 Å². The molecule has 108 valence electrons. The van der Waals surface area contributed by atoms with Crippen LogP contribution in [0.1, 0.15) is 26.5 Å². The summed E-state index contributed by atoms with van der Waals surface area (Å²) in [6.45, 7) is 7.12. The lowest BCUT2D eigenvalue weighted by Gasteiger charge is -2.31. The number of hydrogen-bond acceptors (Lipinski definition) is 6. The van der Waals surface area contributed by atoms with Crippen LogP contribution in [-0.2, 0) is 16.4 Å². The second-order valence-electron chi connectivity index (χ2n) is 5.31. The first-order chi connectivity index (χ1) is 8.87. The summed E-state index contributed by atoms with van der Waals surface area (Å²) in [5, 5.41) is 3.27. The standard InChI is InChI=1S/C12H21N3O3S/c1-9(2)13-6-11-7-18-12(14-11)15-4-5-19(16,17)8-10(15)3/h7,9-10,13H,4-6,8H2,1-3H3. The summed E-state index contributed by atoms with van der Waals surface area (Å²) in [5.74, 6) is 0.328. The van der Waals surface area contributed by atoms with E-state index in [9.17, 15) is 8.42 Å². The Balaban J connectivity index is 2.02. The topological polar surface area (TPSA) is 75.4 Å². The van der Waals surface area contributed by atoms with Gasteiger partial charge in [-0.2, -0.15) is 4.98 Å². The smallest absolute Gasteiger partial charge is 0.297 e. The minimum atomic E-state index is -2.91. The maximum absolute atomic E-state index is 11.5. The Hall–Kier alpha value is -1.08. The lowest BCUT2D eigenvalue weighted by atomic mass is 10.3. The quantitative estimate of drug-likeness (QED) is 0.882. The van der Waals surface area contributed by atoms with E-state index in [0.717, 1.165) is 5.69 Å². The lowest BCUT2D eigenvalue weighted by molar-refractivity contribution is 0.502. The fraction of sp³-hybridized carbons (Fsp3) is 0.750. The zero-order chi connectivity index (χ0) is 14.0. The molecule has 0 aromatic carbocycles. The molecule has 1 aliphatic heterocycles. The number of sulfone groups is 1. The van der Waals surface area contributed by atoms with Crippen LogP contribution < -0.4 is 10.2 Å². The molecule has 0 spiro atoms. The summed E-state index contributed by atoms with van der Waals surface area (Å²) in [7, 11) is -2.91. The highest BCUT2D eigenvalue weighted by molar-refractivity contribution is 7.91. The molecular weight excluding hydrogens is 266 g/mol. The summed E-state index contributed by atoms with van der Waals surface area (Å²) >= 11 is 0. The molecule has 2 heterocycles. The molecule has 1 N–H and O–H groups in total. The van der Waals surface area contributed by atoms with Crippen molar-refractivity contribution < 1.29 is 12.8 Å². The predicted octanol–water partition coefficient (Wildman–Crippen LogP) is 0.796. The molecule has 0 aliphatic carbocycles. The highest BCUT2D eigenvalue weighted by atomic mass is 32.2. The fourth-order valence-corrected chi connectivity index (χ4v) is 3.66. The van der Waals surface area contributed by atoms with Crippen LogP contribution in [0, 0.1) is 0 Å². The van der Waals surface area contributed by atoms with Crippen LogP contribution in [0.25, 0.3) is 0 Å². The van der Waals surface area contributed by atoms with Gasteiger partial charge in [-0.05, 0) is 6.92 Å². The number of anilines is 1. The lowest BCUT2D eigenvalue weighted by Crippen LogP contribution is -2.47. The first-order valence-corrected chi connectivity index (χ1v) is 8.34. The number of oxazole rings is 1. The van der Waals surface area contributed by atoms with Crippen molar-refractivity contribution in [3.8, 4) is 0 Å². The summed E-state index contributed by atoms with van der Waals surface area (Å²) < 4.78 is 28.5. The monoisotopic (exact) mass is 287 g/mol. The number of hydrogen-bond donors (Lipinski definition) is 1. The Morgan fingerprint density at radius 3 is 2.95 bits per heavy atom. The van der Waals surface area contributed by atoms with Crippen molar-refractivity contribution in [2.45, 2.75) is 39.4 Å². The van der Waals surface area contributed by atoms with Gasteiger partial charge >= 0.3 is 0 Å². The van der Waals surface area contributed by atoms with Crippen LogP contribution >= 0.6 is 0 Å². The molecule has 1 atom stereocenters. The molecule has 1 aromatic rings. The molecule has 6 nitrogen and oxygen atoms in total. The molecule has 7 heteroatoms. The van der Waals surface area contributed by atoms with Crippen molar-refractivity contribution in [2.24, 2.45) is 0 Å². The van der Waals surface area contributed by atoms with E-state index in [-0.39, 0.29) is 17.5 Å². The van der Waals surface area contributed by atoms with E-state index in [4.69, 9.17) is 4.42 Å². The third kappa shape index (κ3) is 3.70. The summed E-state index contributed by atoms with van der Waals surface area (Å²) in [5.41, 5.74) is 0.837. The Bertz CT molecular complexity index is 524. The van der Waals surface area contributed by atoms with Gasteiger partial charge in [0.15, 0.2) is 9.84 Å². The van der Waals surface area contributed by atoms with E-state index >= 15 is 0 Å². The molecule has 1 saturated heterocycles. The van der Waals surface area contributed by atoms with E-state index in [0.29, 0.717) is 25.1 Å². The maximum atomic E-state index is 11.5. The molecular formula is C12H21N3O3S. The van der Waals surface area contributed by atoms with Gasteiger partial charge in [0.05, 0.1) is 17.2 Å². The summed E-state index contributed by atoms with van der Waals surface area (Å²) in [4.78, 5) is 6.32. The van der Waals surface area contributed by atoms with Crippen molar-refractivity contribution in [3.05, 3.63) is 12.0 Å². The van der Waals surface area contributed by atoms with Crippen LogP contribution in [0.15, 0.2) is 10.7 Å². The van der Waals surface area contributed by atoms with E-state index in [2.05, 4.69) is 24.1 Å². The zero-order valence-electron chi connectivity index (χ0n) is 11.6. The zero-order valence-corrected chi connectivity index (χ0v) is 12.4. The highest BCUT2D eigenvalue weighted by Crippen LogP contribution is 2.20.